The molecule has 1 unspecified atom stereocenters. The topological polar surface area (TPSA) is 46.2 Å². The number of hydrogen-bond donors (Lipinski definition) is 2. The van der Waals surface area contributed by atoms with Crippen molar-refractivity contribution in [2.45, 2.75) is 37.3 Å². The molecule has 0 aliphatic heterocycles. The van der Waals surface area contributed by atoms with Crippen molar-refractivity contribution in [1.82, 2.24) is 0 Å². The van der Waals surface area contributed by atoms with Crippen molar-refractivity contribution in [3.63, 3.8) is 0 Å². The quantitative estimate of drug-likeness (QED) is 0.868. The third-order valence-electron chi connectivity index (χ3n) is 3.26. The molecule has 1 atom stereocenters. The van der Waals surface area contributed by atoms with Crippen molar-refractivity contribution >= 4 is 15.9 Å². The smallest absolute Gasteiger partial charge is 0.0969 e. The monoisotopic (exact) mass is 269 g/mol. The average molecular weight is 270 g/mol. The summed E-state index contributed by atoms with van der Waals surface area (Å²) in [5.41, 5.74) is 6.72. The van der Waals surface area contributed by atoms with Gasteiger partial charge in [-0.05, 0) is 30.5 Å². The maximum atomic E-state index is 10.2. The van der Waals surface area contributed by atoms with E-state index in [2.05, 4.69) is 15.9 Å². The summed E-state index contributed by atoms with van der Waals surface area (Å²) in [4.78, 5) is 0. The van der Waals surface area contributed by atoms with E-state index < -0.39 is 11.6 Å². The Morgan fingerprint density at radius 1 is 1.20 bits per heavy atom. The minimum absolute atomic E-state index is 0.409. The van der Waals surface area contributed by atoms with Gasteiger partial charge in [-0.3, -0.25) is 0 Å². The molecular weight excluding hydrogens is 254 g/mol. The van der Waals surface area contributed by atoms with Gasteiger partial charge in [0.05, 0.1) is 6.10 Å². The first-order valence-electron chi connectivity index (χ1n) is 5.34. The predicted octanol–water partition coefficient (Wildman–Crippen LogP) is 2.75. The van der Waals surface area contributed by atoms with Crippen LogP contribution in [0.2, 0.25) is 0 Å². The first-order chi connectivity index (χ1) is 7.12. The van der Waals surface area contributed by atoms with Crippen molar-refractivity contribution in [2.75, 3.05) is 0 Å². The van der Waals surface area contributed by atoms with Gasteiger partial charge in [0.25, 0.3) is 0 Å². The molecule has 0 heterocycles. The van der Waals surface area contributed by atoms with Gasteiger partial charge in [-0.25, -0.2) is 0 Å². The zero-order chi connectivity index (χ0) is 10.9. The molecule has 2 rings (SSSR count). The van der Waals surface area contributed by atoms with Crippen LogP contribution < -0.4 is 5.73 Å². The van der Waals surface area contributed by atoms with E-state index in [1.807, 2.05) is 24.3 Å². The van der Waals surface area contributed by atoms with Crippen LogP contribution in [-0.4, -0.2) is 10.6 Å². The number of aliphatic hydroxyl groups is 1. The van der Waals surface area contributed by atoms with Crippen LogP contribution in [0.4, 0.5) is 0 Å². The summed E-state index contributed by atoms with van der Waals surface area (Å²) in [6.45, 7) is 0. The zero-order valence-electron chi connectivity index (χ0n) is 8.62. The average Bonchev–Trinajstić information content (AvgIpc) is 2.67. The lowest BCUT2D eigenvalue weighted by Crippen LogP contribution is -2.42. The fourth-order valence-electron chi connectivity index (χ4n) is 2.28. The summed E-state index contributed by atoms with van der Waals surface area (Å²) >= 11 is 3.38. The molecule has 82 valence electrons. The van der Waals surface area contributed by atoms with Crippen molar-refractivity contribution in [3.8, 4) is 0 Å². The Kier molecular flexibility index (Phi) is 3.14. The Balaban J connectivity index is 2.19. The lowest BCUT2D eigenvalue weighted by molar-refractivity contribution is 0.0872. The maximum absolute atomic E-state index is 10.2. The van der Waals surface area contributed by atoms with Gasteiger partial charge in [-0.15, -0.1) is 0 Å². The number of halogens is 1. The first-order valence-corrected chi connectivity index (χ1v) is 6.13. The van der Waals surface area contributed by atoms with E-state index in [1.165, 1.54) is 0 Å². The van der Waals surface area contributed by atoms with Crippen LogP contribution in [0.3, 0.4) is 0 Å². The molecule has 1 aromatic carbocycles. The Morgan fingerprint density at radius 3 is 2.27 bits per heavy atom. The Hall–Kier alpha value is -0.380. The summed E-state index contributed by atoms with van der Waals surface area (Å²) in [6.07, 6.45) is 3.57. The van der Waals surface area contributed by atoms with Crippen LogP contribution in [0.1, 0.15) is 37.4 Å². The molecule has 3 heteroatoms. The predicted molar refractivity (Wildman–Crippen MR) is 64.5 cm³/mol. The summed E-state index contributed by atoms with van der Waals surface area (Å²) in [5.74, 6) is 0. The van der Waals surface area contributed by atoms with Crippen molar-refractivity contribution in [2.24, 2.45) is 5.73 Å². The Labute approximate surface area is 98.6 Å². The van der Waals surface area contributed by atoms with Crippen molar-refractivity contribution in [1.29, 1.82) is 0 Å². The SMILES string of the molecule is NC1(C(O)c2ccc(Br)cc2)CCCC1. The van der Waals surface area contributed by atoms with Crippen LogP contribution in [-0.2, 0) is 0 Å². The molecule has 3 N–H and O–H groups in total. The molecule has 1 aliphatic carbocycles. The lowest BCUT2D eigenvalue weighted by atomic mass is 9.87. The van der Waals surface area contributed by atoms with Gasteiger partial charge in [0.1, 0.15) is 0 Å². The maximum Gasteiger partial charge on any atom is 0.0969 e. The van der Waals surface area contributed by atoms with Crippen LogP contribution in [0.25, 0.3) is 0 Å². The molecule has 0 radical (unpaired) electrons. The Bertz CT molecular complexity index is 330. The summed E-state index contributed by atoms with van der Waals surface area (Å²) in [5, 5.41) is 10.2. The normalized spacial score (nSPS) is 21.5. The minimum Gasteiger partial charge on any atom is -0.386 e. The molecule has 0 bridgehead atoms. The van der Waals surface area contributed by atoms with Gasteiger partial charge in [-0.1, -0.05) is 40.9 Å². The highest BCUT2D eigenvalue weighted by Gasteiger charge is 2.37. The largest absolute Gasteiger partial charge is 0.386 e. The molecule has 1 saturated carbocycles. The highest BCUT2D eigenvalue weighted by Crippen LogP contribution is 2.37. The fraction of sp³-hybridized carbons (Fsp3) is 0.500. The molecule has 0 aromatic heterocycles. The minimum atomic E-state index is -0.534. The highest BCUT2D eigenvalue weighted by molar-refractivity contribution is 9.10. The lowest BCUT2D eigenvalue weighted by Gasteiger charge is -2.30. The third kappa shape index (κ3) is 2.25. The summed E-state index contributed by atoms with van der Waals surface area (Å²) in [7, 11) is 0. The van der Waals surface area contributed by atoms with E-state index in [-0.39, 0.29) is 0 Å². The second-order valence-electron chi connectivity index (χ2n) is 4.39. The molecule has 1 aromatic rings. The summed E-state index contributed by atoms with van der Waals surface area (Å²) < 4.78 is 1.02. The first kappa shape index (κ1) is 11.1. The molecule has 0 amide bonds. The second kappa shape index (κ2) is 4.24. The standard InChI is InChI=1S/C12H16BrNO/c13-10-5-3-9(4-6-10)11(15)12(14)7-1-2-8-12/h3-6,11,15H,1-2,7-8,14H2. The van der Waals surface area contributed by atoms with E-state index in [0.717, 1.165) is 35.7 Å². The number of nitrogens with two attached hydrogens (primary N) is 1. The van der Waals surface area contributed by atoms with Gasteiger partial charge in [0.15, 0.2) is 0 Å². The van der Waals surface area contributed by atoms with Gasteiger partial charge in [-0.2, -0.15) is 0 Å². The van der Waals surface area contributed by atoms with Crippen LogP contribution in [0.15, 0.2) is 28.7 Å². The molecule has 2 nitrogen and oxygen atoms in total. The van der Waals surface area contributed by atoms with Crippen LogP contribution >= 0.6 is 15.9 Å². The van der Waals surface area contributed by atoms with Crippen molar-refractivity contribution < 1.29 is 5.11 Å². The number of benzene rings is 1. The Morgan fingerprint density at radius 2 is 1.73 bits per heavy atom. The number of rotatable bonds is 2. The molecular formula is C12H16BrNO. The van der Waals surface area contributed by atoms with Crippen LogP contribution in [0, 0.1) is 0 Å². The molecule has 0 spiro atoms. The number of hydrogen-bond acceptors (Lipinski definition) is 2. The molecule has 15 heavy (non-hydrogen) atoms. The zero-order valence-corrected chi connectivity index (χ0v) is 10.2. The van der Waals surface area contributed by atoms with E-state index in [4.69, 9.17) is 5.73 Å². The van der Waals surface area contributed by atoms with E-state index in [1.54, 1.807) is 0 Å². The van der Waals surface area contributed by atoms with Gasteiger partial charge in [0, 0.05) is 10.0 Å². The molecule has 0 saturated heterocycles. The second-order valence-corrected chi connectivity index (χ2v) is 5.31. The van der Waals surface area contributed by atoms with E-state index in [0.29, 0.717) is 0 Å². The van der Waals surface area contributed by atoms with E-state index in [9.17, 15) is 5.11 Å². The third-order valence-corrected chi connectivity index (χ3v) is 3.79. The fourth-order valence-corrected chi connectivity index (χ4v) is 2.55. The highest BCUT2D eigenvalue weighted by atomic mass is 79.9. The van der Waals surface area contributed by atoms with E-state index >= 15 is 0 Å². The number of aliphatic hydroxyl groups excluding tert-OH is 1. The molecule has 1 aliphatic rings. The van der Waals surface area contributed by atoms with Gasteiger partial charge < -0.3 is 10.8 Å². The van der Waals surface area contributed by atoms with Crippen LogP contribution in [0.5, 0.6) is 0 Å². The molecule has 1 fully saturated rings. The van der Waals surface area contributed by atoms with Crippen molar-refractivity contribution in [3.05, 3.63) is 34.3 Å². The summed E-state index contributed by atoms with van der Waals surface area (Å²) in [6, 6.07) is 7.75. The van der Waals surface area contributed by atoms with Gasteiger partial charge in [0.2, 0.25) is 0 Å². The van der Waals surface area contributed by atoms with Gasteiger partial charge >= 0.3 is 0 Å².